The van der Waals surface area contributed by atoms with Crippen LogP contribution in [0.2, 0.25) is 0 Å². The van der Waals surface area contributed by atoms with Crippen LogP contribution in [0.3, 0.4) is 0 Å². The Morgan fingerprint density at radius 1 is 1.00 bits per heavy atom. The summed E-state index contributed by atoms with van der Waals surface area (Å²) < 4.78 is -0.260. The van der Waals surface area contributed by atoms with Gasteiger partial charge in [0.2, 0.25) is 11.8 Å². The highest BCUT2D eigenvalue weighted by molar-refractivity contribution is 14.1. The number of halogens is 1. The number of ketones is 1. The molecule has 0 unspecified atom stereocenters. The molecule has 0 radical (unpaired) electrons. The number of aliphatic carboxylic acids is 1. The highest BCUT2D eigenvalue weighted by Gasteiger charge is 2.21. The maximum absolute atomic E-state index is 12.1. The lowest BCUT2D eigenvalue weighted by Crippen LogP contribution is -2.48. The van der Waals surface area contributed by atoms with E-state index in [1.165, 1.54) is 0 Å². The number of hydrogen-bond acceptors (Lipinski definition) is 5. The number of amides is 3. The van der Waals surface area contributed by atoms with E-state index in [4.69, 9.17) is 5.11 Å². The molecule has 3 amide bonds. The summed E-state index contributed by atoms with van der Waals surface area (Å²) in [5.41, 5.74) is 0. The van der Waals surface area contributed by atoms with Gasteiger partial charge in [0, 0.05) is 61.4 Å². The molecule has 4 N–H and O–H groups in total. The van der Waals surface area contributed by atoms with Crippen LogP contribution in [-0.4, -0.2) is 51.7 Å². The molecule has 0 aromatic rings. The zero-order valence-electron chi connectivity index (χ0n) is 14.1. The minimum atomic E-state index is -1.07. The van der Waals surface area contributed by atoms with Gasteiger partial charge in [-0.15, -0.1) is 0 Å². The van der Waals surface area contributed by atoms with Crippen LogP contribution in [0.15, 0.2) is 0 Å². The molecular formula is C15H24IN3O6. The van der Waals surface area contributed by atoms with Crippen LogP contribution >= 0.6 is 22.6 Å². The van der Waals surface area contributed by atoms with Crippen LogP contribution < -0.4 is 16.0 Å². The standard InChI is InChI=1S/C15H24IN3O6/c1-2-10(20)4-3-5-12(21)19-11(6-7-13(22)23)14(24)17-8-9-18-15(16)25/h11H,2-9H2,1H3,(H,17,24)(H,18,25)(H,19,21)(H,22,23)/t11-/m1/s1. The van der Waals surface area contributed by atoms with Gasteiger partial charge < -0.3 is 21.1 Å². The maximum atomic E-state index is 12.1. The van der Waals surface area contributed by atoms with Gasteiger partial charge in [-0.05, 0) is 12.8 Å². The van der Waals surface area contributed by atoms with E-state index in [9.17, 15) is 24.0 Å². The Labute approximate surface area is 159 Å². The number of hydrogen-bond donors (Lipinski definition) is 4. The fourth-order valence-corrected chi connectivity index (χ4v) is 2.17. The molecule has 0 spiro atoms. The van der Waals surface area contributed by atoms with Crippen molar-refractivity contribution in [1.29, 1.82) is 0 Å². The monoisotopic (exact) mass is 469 g/mol. The fourth-order valence-electron chi connectivity index (χ4n) is 1.90. The lowest BCUT2D eigenvalue weighted by atomic mass is 10.1. The van der Waals surface area contributed by atoms with Crippen molar-refractivity contribution in [3.63, 3.8) is 0 Å². The van der Waals surface area contributed by atoms with Gasteiger partial charge in [0.1, 0.15) is 11.8 Å². The van der Waals surface area contributed by atoms with Crippen LogP contribution in [0.4, 0.5) is 4.79 Å². The Morgan fingerprint density at radius 3 is 2.20 bits per heavy atom. The molecular weight excluding hydrogens is 445 g/mol. The van der Waals surface area contributed by atoms with Crippen molar-refractivity contribution in [2.75, 3.05) is 13.1 Å². The Morgan fingerprint density at radius 2 is 1.64 bits per heavy atom. The molecule has 0 bridgehead atoms. The zero-order valence-corrected chi connectivity index (χ0v) is 16.3. The number of nitrogens with one attached hydrogen (secondary N) is 3. The van der Waals surface area contributed by atoms with Gasteiger partial charge in [0.15, 0.2) is 0 Å². The van der Waals surface area contributed by atoms with Gasteiger partial charge in [0.25, 0.3) is 3.91 Å². The highest BCUT2D eigenvalue weighted by atomic mass is 127. The summed E-state index contributed by atoms with van der Waals surface area (Å²) in [4.78, 5) is 56.6. The predicted octanol–water partition coefficient (Wildman–Crippen LogP) is 0.746. The summed E-state index contributed by atoms with van der Waals surface area (Å²) in [6, 6.07) is -0.972. The maximum Gasteiger partial charge on any atom is 0.303 e. The summed E-state index contributed by atoms with van der Waals surface area (Å²) >= 11 is 1.56. The van der Waals surface area contributed by atoms with Gasteiger partial charge >= 0.3 is 5.97 Å². The van der Waals surface area contributed by atoms with Crippen molar-refractivity contribution in [2.24, 2.45) is 0 Å². The number of carboxylic acid groups (broad SMARTS) is 1. The van der Waals surface area contributed by atoms with Crippen molar-refractivity contribution < 1.29 is 29.1 Å². The number of carbonyl (C=O) groups is 5. The highest BCUT2D eigenvalue weighted by Crippen LogP contribution is 2.02. The second-order valence-corrected chi connectivity index (χ2v) is 6.27. The van der Waals surface area contributed by atoms with E-state index >= 15 is 0 Å². The van der Waals surface area contributed by atoms with Crippen molar-refractivity contribution in [3.8, 4) is 0 Å². The topological polar surface area (TPSA) is 142 Å². The van der Waals surface area contributed by atoms with Crippen molar-refractivity contribution in [3.05, 3.63) is 0 Å². The van der Waals surface area contributed by atoms with E-state index in [2.05, 4.69) is 16.0 Å². The second kappa shape index (κ2) is 13.6. The first-order valence-electron chi connectivity index (χ1n) is 8.00. The van der Waals surface area contributed by atoms with E-state index < -0.39 is 23.8 Å². The first-order valence-corrected chi connectivity index (χ1v) is 9.08. The molecule has 0 fully saturated rings. The molecule has 0 rings (SSSR count). The minimum Gasteiger partial charge on any atom is -0.481 e. The SMILES string of the molecule is CCC(=O)CCCC(=O)N[C@H](CCC(=O)O)C(=O)NCCNC(=O)I. The molecule has 10 heteroatoms. The molecule has 0 aromatic carbocycles. The van der Waals surface area contributed by atoms with E-state index in [-0.39, 0.29) is 42.0 Å². The quantitative estimate of drug-likeness (QED) is 0.136. The molecule has 0 aliphatic rings. The molecule has 0 aliphatic carbocycles. The lowest BCUT2D eigenvalue weighted by Gasteiger charge is -2.18. The average molecular weight is 469 g/mol. The van der Waals surface area contributed by atoms with Crippen LogP contribution in [0, 0.1) is 0 Å². The molecule has 0 saturated carbocycles. The van der Waals surface area contributed by atoms with Crippen LogP contribution in [0.5, 0.6) is 0 Å². The van der Waals surface area contributed by atoms with Gasteiger partial charge in [-0.25, -0.2) is 0 Å². The van der Waals surface area contributed by atoms with Crippen LogP contribution in [0.1, 0.15) is 45.4 Å². The first-order chi connectivity index (χ1) is 11.8. The van der Waals surface area contributed by atoms with Crippen molar-refractivity contribution in [1.82, 2.24) is 16.0 Å². The summed E-state index contributed by atoms with van der Waals surface area (Å²) in [7, 11) is 0. The number of Topliss-reactive ketones (excluding diaryl/α,β-unsaturated/α-hetero) is 1. The molecule has 0 aliphatic heterocycles. The van der Waals surface area contributed by atoms with E-state index in [0.717, 1.165) is 0 Å². The zero-order chi connectivity index (χ0) is 19.2. The summed E-state index contributed by atoms with van der Waals surface area (Å²) in [5.74, 6) is -1.93. The van der Waals surface area contributed by atoms with Gasteiger partial charge in [0.05, 0.1) is 0 Å². The summed E-state index contributed by atoms with van der Waals surface area (Å²) in [5, 5.41) is 16.3. The normalized spacial score (nSPS) is 11.3. The number of rotatable bonds is 13. The Bertz CT molecular complexity index is 498. The second-order valence-electron chi connectivity index (χ2n) is 5.29. The van der Waals surface area contributed by atoms with Gasteiger partial charge in [-0.3, -0.25) is 24.0 Å². The molecule has 25 heavy (non-hydrogen) atoms. The molecule has 0 saturated heterocycles. The Kier molecular flexibility index (Phi) is 12.6. The first kappa shape index (κ1) is 23.3. The smallest absolute Gasteiger partial charge is 0.303 e. The predicted molar refractivity (Wildman–Crippen MR) is 98.4 cm³/mol. The summed E-state index contributed by atoms with van der Waals surface area (Å²) in [6.45, 7) is 2.14. The van der Waals surface area contributed by atoms with Crippen LogP contribution in [-0.2, 0) is 19.2 Å². The Balaban J connectivity index is 4.41. The van der Waals surface area contributed by atoms with Crippen molar-refractivity contribution in [2.45, 2.75) is 51.5 Å². The Hall–Kier alpha value is -1.72. The van der Waals surface area contributed by atoms with Crippen LogP contribution in [0.25, 0.3) is 0 Å². The largest absolute Gasteiger partial charge is 0.481 e. The third-order valence-electron chi connectivity index (χ3n) is 3.24. The lowest BCUT2D eigenvalue weighted by molar-refractivity contribution is -0.138. The molecule has 1 atom stereocenters. The van der Waals surface area contributed by atoms with E-state index in [1.807, 2.05) is 0 Å². The molecule has 142 valence electrons. The fraction of sp³-hybridized carbons (Fsp3) is 0.667. The van der Waals surface area contributed by atoms with E-state index in [0.29, 0.717) is 19.3 Å². The molecule has 0 heterocycles. The average Bonchev–Trinajstić information content (AvgIpc) is 2.54. The number of carboxylic acids is 1. The van der Waals surface area contributed by atoms with Crippen molar-refractivity contribution >= 4 is 50.1 Å². The van der Waals surface area contributed by atoms with E-state index in [1.54, 1.807) is 29.5 Å². The third kappa shape index (κ3) is 13.3. The third-order valence-corrected chi connectivity index (χ3v) is 3.62. The molecule has 9 nitrogen and oxygen atoms in total. The molecule has 0 aromatic heterocycles. The minimum absolute atomic E-state index is 0.0422. The van der Waals surface area contributed by atoms with Gasteiger partial charge in [-0.1, -0.05) is 6.92 Å². The summed E-state index contributed by atoms with van der Waals surface area (Å²) in [6.07, 6.45) is 0.877. The van der Waals surface area contributed by atoms with Gasteiger partial charge in [-0.2, -0.15) is 0 Å². The number of carbonyl (C=O) groups excluding carboxylic acids is 4.